The molecule has 2 fully saturated rings. The summed E-state index contributed by atoms with van der Waals surface area (Å²) in [6.07, 6.45) is 2.56. The van der Waals surface area contributed by atoms with Gasteiger partial charge in [0.15, 0.2) is 0 Å². The number of amides is 2. The van der Waals surface area contributed by atoms with E-state index in [1.807, 2.05) is 4.90 Å². The quantitative estimate of drug-likeness (QED) is 0.795. The Bertz CT molecular complexity index is 739. The molecule has 1 aliphatic heterocycles. The van der Waals surface area contributed by atoms with Crippen LogP contribution >= 0.6 is 12.4 Å². The van der Waals surface area contributed by atoms with Crippen LogP contribution in [0.3, 0.4) is 0 Å². The number of anilines is 1. The van der Waals surface area contributed by atoms with Crippen LogP contribution in [0, 0.1) is 11.3 Å². The van der Waals surface area contributed by atoms with Gasteiger partial charge in [-0.3, -0.25) is 19.3 Å². The lowest BCUT2D eigenvalue weighted by Gasteiger charge is -2.23. The molecule has 2 amide bonds. The Morgan fingerprint density at radius 3 is 2.70 bits per heavy atom. The first-order chi connectivity index (χ1) is 12.3. The molecule has 7 nitrogen and oxygen atoms in total. The highest BCUT2D eigenvalue weighted by molar-refractivity contribution is 5.97. The van der Waals surface area contributed by atoms with Gasteiger partial charge in [0.25, 0.3) is 5.91 Å². The molecular weight excluding hydrogens is 370 g/mol. The number of fused-ring (bicyclic) bond motifs is 1. The van der Waals surface area contributed by atoms with Gasteiger partial charge in [0.2, 0.25) is 5.91 Å². The van der Waals surface area contributed by atoms with Crippen molar-refractivity contribution in [2.24, 2.45) is 11.3 Å². The van der Waals surface area contributed by atoms with Crippen molar-refractivity contribution in [3.05, 3.63) is 29.8 Å². The van der Waals surface area contributed by atoms with Gasteiger partial charge in [-0.05, 0) is 37.0 Å². The maximum absolute atomic E-state index is 12.4. The molecular formula is C19H26ClN3O4. The molecule has 148 valence electrons. The summed E-state index contributed by atoms with van der Waals surface area (Å²) >= 11 is 0. The number of benzene rings is 1. The standard InChI is InChI=1S/C19H25N3O4.ClH/c1-21(2)17(24)13-5-3-7-15(9-13)20-16(23)11-22-10-14-6-4-8-19(14,12-22)18(25)26;/h3,5,7,9,14H,4,6,8,10-12H2,1-2H3,(H,20,23)(H,25,26);1H/t14-,19+;/m0./s1. The van der Waals surface area contributed by atoms with Gasteiger partial charge in [0.1, 0.15) is 0 Å². The lowest BCUT2D eigenvalue weighted by Crippen LogP contribution is -2.37. The maximum Gasteiger partial charge on any atom is 0.311 e. The van der Waals surface area contributed by atoms with Crippen LogP contribution in [0.1, 0.15) is 29.6 Å². The molecule has 1 aromatic rings. The molecule has 0 unspecified atom stereocenters. The van der Waals surface area contributed by atoms with Crippen molar-refractivity contribution in [2.45, 2.75) is 19.3 Å². The second-order valence-corrected chi connectivity index (χ2v) is 7.55. The molecule has 0 spiro atoms. The number of carbonyl (C=O) groups is 3. The van der Waals surface area contributed by atoms with Crippen molar-refractivity contribution in [2.75, 3.05) is 39.0 Å². The molecule has 1 heterocycles. The number of carboxylic acids is 1. The molecule has 0 aromatic heterocycles. The predicted octanol–water partition coefficient (Wildman–Crippen LogP) is 1.94. The second-order valence-electron chi connectivity index (χ2n) is 7.55. The fraction of sp³-hybridized carbons (Fsp3) is 0.526. The minimum Gasteiger partial charge on any atom is -0.481 e. The number of rotatable bonds is 5. The van der Waals surface area contributed by atoms with Gasteiger partial charge in [-0.15, -0.1) is 12.4 Å². The topological polar surface area (TPSA) is 90.0 Å². The summed E-state index contributed by atoms with van der Waals surface area (Å²) in [6.45, 7) is 1.25. The Balaban J connectivity index is 0.00000261. The van der Waals surface area contributed by atoms with Crippen molar-refractivity contribution in [1.82, 2.24) is 9.80 Å². The molecule has 2 aliphatic rings. The molecule has 1 saturated heterocycles. The van der Waals surface area contributed by atoms with Crippen LogP contribution in [0.15, 0.2) is 24.3 Å². The fourth-order valence-corrected chi connectivity index (χ4v) is 4.26. The van der Waals surface area contributed by atoms with E-state index in [9.17, 15) is 19.5 Å². The zero-order valence-corrected chi connectivity index (χ0v) is 16.4. The van der Waals surface area contributed by atoms with Crippen molar-refractivity contribution in [3.8, 4) is 0 Å². The lowest BCUT2D eigenvalue weighted by atomic mass is 9.81. The van der Waals surface area contributed by atoms with Gasteiger partial charge in [-0.25, -0.2) is 0 Å². The van der Waals surface area contributed by atoms with E-state index in [2.05, 4.69) is 5.32 Å². The summed E-state index contributed by atoms with van der Waals surface area (Å²) in [5, 5.41) is 12.4. The number of aliphatic carboxylic acids is 1. The number of carbonyl (C=O) groups excluding carboxylic acids is 2. The third-order valence-electron chi connectivity index (χ3n) is 5.53. The number of carboxylic acid groups (broad SMARTS) is 1. The third-order valence-corrected chi connectivity index (χ3v) is 5.53. The molecule has 2 N–H and O–H groups in total. The smallest absolute Gasteiger partial charge is 0.311 e. The van der Waals surface area contributed by atoms with Crippen molar-refractivity contribution in [1.29, 1.82) is 0 Å². The van der Waals surface area contributed by atoms with E-state index in [4.69, 9.17) is 0 Å². The van der Waals surface area contributed by atoms with Crippen LogP contribution in [0.25, 0.3) is 0 Å². The van der Waals surface area contributed by atoms with Crippen molar-refractivity contribution in [3.63, 3.8) is 0 Å². The minimum absolute atomic E-state index is 0. The highest BCUT2D eigenvalue weighted by Gasteiger charge is 2.54. The molecule has 2 atom stereocenters. The molecule has 1 aliphatic carbocycles. The Morgan fingerprint density at radius 2 is 2.07 bits per heavy atom. The molecule has 1 saturated carbocycles. The summed E-state index contributed by atoms with van der Waals surface area (Å²) in [4.78, 5) is 39.5. The SMILES string of the molecule is CN(C)C(=O)c1cccc(NC(=O)CN2C[C@@H]3CCC[C@@]3(C(=O)O)C2)c1.Cl. The number of likely N-dealkylation sites (tertiary alicyclic amines) is 1. The molecule has 8 heteroatoms. The van der Waals surface area contributed by atoms with E-state index >= 15 is 0 Å². The van der Waals surface area contributed by atoms with E-state index in [1.165, 1.54) is 4.90 Å². The van der Waals surface area contributed by atoms with Crippen molar-refractivity contribution < 1.29 is 19.5 Å². The monoisotopic (exact) mass is 395 g/mol. The zero-order chi connectivity index (χ0) is 18.9. The Hall–Kier alpha value is -2.12. The Labute approximate surface area is 165 Å². The van der Waals surface area contributed by atoms with Crippen LogP contribution < -0.4 is 5.32 Å². The van der Waals surface area contributed by atoms with Crippen LogP contribution in [-0.2, 0) is 9.59 Å². The highest BCUT2D eigenvalue weighted by atomic mass is 35.5. The van der Waals surface area contributed by atoms with Crippen molar-refractivity contribution >= 4 is 35.9 Å². The number of halogens is 1. The molecule has 1 aromatic carbocycles. The third kappa shape index (κ3) is 4.25. The average Bonchev–Trinajstić information content (AvgIpc) is 3.12. The van der Waals surface area contributed by atoms with E-state index in [1.54, 1.807) is 38.4 Å². The van der Waals surface area contributed by atoms with Gasteiger partial charge < -0.3 is 15.3 Å². The van der Waals surface area contributed by atoms with Crippen LogP contribution in [0.2, 0.25) is 0 Å². The summed E-state index contributed by atoms with van der Waals surface area (Å²) in [5.74, 6) is -0.927. The number of hydrogen-bond acceptors (Lipinski definition) is 4. The summed E-state index contributed by atoms with van der Waals surface area (Å²) in [6, 6.07) is 6.82. The number of nitrogens with zero attached hydrogens (tertiary/aromatic N) is 2. The first kappa shape index (κ1) is 21.2. The normalized spacial score (nSPS) is 24.0. The van der Waals surface area contributed by atoms with Crippen LogP contribution in [-0.4, -0.2) is 66.4 Å². The molecule has 3 rings (SSSR count). The van der Waals surface area contributed by atoms with Gasteiger partial charge in [-0.1, -0.05) is 12.5 Å². The largest absolute Gasteiger partial charge is 0.481 e. The number of hydrogen-bond donors (Lipinski definition) is 2. The summed E-state index contributed by atoms with van der Waals surface area (Å²) in [5.41, 5.74) is 0.390. The first-order valence-electron chi connectivity index (χ1n) is 8.89. The minimum atomic E-state index is -0.738. The van der Waals surface area contributed by atoms with E-state index in [0.29, 0.717) is 30.8 Å². The zero-order valence-electron chi connectivity index (χ0n) is 15.6. The van der Waals surface area contributed by atoms with Crippen LogP contribution in [0.5, 0.6) is 0 Å². The van der Waals surface area contributed by atoms with Gasteiger partial charge in [0, 0.05) is 38.4 Å². The molecule has 0 bridgehead atoms. The van der Waals surface area contributed by atoms with Gasteiger partial charge in [0.05, 0.1) is 12.0 Å². The summed E-state index contributed by atoms with van der Waals surface area (Å²) in [7, 11) is 3.35. The van der Waals surface area contributed by atoms with E-state index < -0.39 is 11.4 Å². The van der Waals surface area contributed by atoms with E-state index in [0.717, 1.165) is 12.8 Å². The molecule has 27 heavy (non-hydrogen) atoms. The number of nitrogens with one attached hydrogen (secondary N) is 1. The first-order valence-corrected chi connectivity index (χ1v) is 8.89. The summed E-state index contributed by atoms with van der Waals surface area (Å²) < 4.78 is 0. The second kappa shape index (κ2) is 8.27. The predicted molar refractivity (Wildman–Crippen MR) is 104 cm³/mol. The molecule has 0 radical (unpaired) electrons. The Kier molecular flexibility index (Phi) is 6.49. The lowest BCUT2D eigenvalue weighted by molar-refractivity contribution is -0.149. The highest BCUT2D eigenvalue weighted by Crippen LogP contribution is 2.48. The average molecular weight is 396 g/mol. The fourth-order valence-electron chi connectivity index (χ4n) is 4.26. The Morgan fingerprint density at radius 1 is 1.33 bits per heavy atom. The maximum atomic E-state index is 12.4. The van der Waals surface area contributed by atoms with Crippen LogP contribution in [0.4, 0.5) is 5.69 Å². The van der Waals surface area contributed by atoms with E-state index in [-0.39, 0.29) is 36.7 Å². The van der Waals surface area contributed by atoms with Gasteiger partial charge >= 0.3 is 5.97 Å². The van der Waals surface area contributed by atoms with Gasteiger partial charge in [-0.2, -0.15) is 0 Å².